The van der Waals surface area contributed by atoms with Gasteiger partial charge >= 0.3 is 0 Å². The van der Waals surface area contributed by atoms with E-state index in [1.807, 2.05) is 36.6 Å². The van der Waals surface area contributed by atoms with Crippen LogP contribution in [0.5, 0.6) is 0 Å². The topological polar surface area (TPSA) is 64.0 Å². The summed E-state index contributed by atoms with van der Waals surface area (Å²) < 4.78 is 2.29. The van der Waals surface area contributed by atoms with E-state index in [9.17, 15) is 9.59 Å². The molecule has 1 amide bonds. The number of fused-ring (bicyclic) bond motifs is 1. The average Bonchev–Trinajstić information content (AvgIpc) is 2.62. The van der Waals surface area contributed by atoms with Crippen molar-refractivity contribution in [3.8, 4) is 0 Å². The number of carbonyl (C=O) groups is 1. The molecule has 3 rings (SSSR count). The number of carbonyl (C=O) groups excluding carboxylic acids is 1. The Balaban J connectivity index is 1.68. The van der Waals surface area contributed by atoms with Crippen molar-refractivity contribution in [2.75, 3.05) is 11.6 Å². The largest absolute Gasteiger partial charge is 0.326 e. The summed E-state index contributed by atoms with van der Waals surface area (Å²) >= 11 is 5.01. The fourth-order valence-corrected chi connectivity index (χ4v) is 3.18. The molecule has 0 aliphatic rings. The zero-order valence-corrected chi connectivity index (χ0v) is 15.9. The van der Waals surface area contributed by atoms with Crippen molar-refractivity contribution < 1.29 is 4.79 Å². The van der Waals surface area contributed by atoms with E-state index < -0.39 is 0 Å². The van der Waals surface area contributed by atoms with Crippen molar-refractivity contribution in [2.45, 2.75) is 17.9 Å². The van der Waals surface area contributed by atoms with Gasteiger partial charge in [0.05, 0.1) is 17.2 Å². The summed E-state index contributed by atoms with van der Waals surface area (Å²) in [6, 6.07) is 13.0. The molecule has 0 radical (unpaired) electrons. The molecule has 0 saturated carbocycles. The van der Waals surface area contributed by atoms with Gasteiger partial charge in [-0.1, -0.05) is 15.9 Å². The van der Waals surface area contributed by atoms with Crippen LogP contribution in [-0.4, -0.2) is 21.7 Å². The Morgan fingerprint density at radius 2 is 2.00 bits per heavy atom. The molecule has 7 heteroatoms. The predicted octanol–water partition coefficient (Wildman–Crippen LogP) is 3.91. The number of halogens is 1. The smallest absolute Gasteiger partial charge is 0.261 e. The first-order valence-corrected chi connectivity index (χ1v) is 9.67. The van der Waals surface area contributed by atoms with Crippen LogP contribution in [0.1, 0.15) is 6.42 Å². The molecule has 128 valence electrons. The number of nitrogens with zero attached hydrogens (tertiary/aromatic N) is 2. The highest BCUT2D eigenvalue weighted by Gasteiger charge is 2.07. The zero-order valence-electron chi connectivity index (χ0n) is 13.5. The first kappa shape index (κ1) is 17.7. The van der Waals surface area contributed by atoms with Gasteiger partial charge in [-0.25, -0.2) is 4.98 Å². The molecule has 3 aromatic rings. The molecule has 25 heavy (non-hydrogen) atoms. The third kappa shape index (κ3) is 4.29. The van der Waals surface area contributed by atoms with E-state index in [1.54, 1.807) is 23.9 Å². The number of aryl methyl sites for hydroxylation is 1. The zero-order chi connectivity index (χ0) is 17.8. The molecular formula is C18H16BrN3O2S. The molecule has 2 aromatic carbocycles. The Hall–Kier alpha value is -2.12. The number of hydrogen-bond acceptors (Lipinski definition) is 4. The second-order valence-electron chi connectivity index (χ2n) is 5.43. The van der Waals surface area contributed by atoms with Crippen LogP contribution in [0.2, 0.25) is 0 Å². The highest BCUT2D eigenvalue weighted by Crippen LogP contribution is 2.18. The lowest BCUT2D eigenvalue weighted by molar-refractivity contribution is -0.116. The van der Waals surface area contributed by atoms with Crippen molar-refractivity contribution >= 4 is 50.2 Å². The molecule has 0 aliphatic heterocycles. The van der Waals surface area contributed by atoms with Crippen molar-refractivity contribution in [3.63, 3.8) is 0 Å². The van der Waals surface area contributed by atoms with Gasteiger partial charge in [0.1, 0.15) is 0 Å². The molecule has 1 aromatic heterocycles. The molecule has 0 spiro atoms. The van der Waals surface area contributed by atoms with Crippen LogP contribution in [0.15, 0.2) is 63.0 Å². The maximum absolute atomic E-state index is 12.5. The van der Waals surface area contributed by atoms with Crippen molar-refractivity contribution in [2.24, 2.45) is 0 Å². The SMILES string of the molecule is CSc1ccc(NC(=O)CCn2cnc3ccc(Br)cc3c2=O)cc1. The number of rotatable bonds is 5. The van der Waals surface area contributed by atoms with E-state index in [4.69, 9.17) is 0 Å². The van der Waals surface area contributed by atoms with Gasteiger partial charge in [0.2, 0.25) is 5.91 Å². The van der Waals surface area contributed by atoms with Gasteiger partial charge in [0, 0.05) is 28.0 Å². The van der Waals surface area contributed by atoms with Gasteiger partial charge in [0.25, 0.3) is 5.56 Å². The minimum absolute atomic E-state index is 0.141. The van der Waals surface area contributed by atoms with Crippen molar-refractivity contribution in [1.29, 1.82) is 0 Å². The van der Waals surface area contributed by atoms with Crippen molar-refractivity contribution in [3.05, 3.63) is 63.6 Å². The van der Waals surface area contributed by atoms with Crippen LogP contribution in [0.25, 0.3) is 10.9 Å². The van der Waals surface area contributed by atoms with Crippen LogP contribution in [0, 0.1) is 0 Å². The summed E-state index contributed by atoms with van der Waals surface area (Å²) in [6.07, 6.45) is 3.69. The van der Waals surface area contributed by atoms with Crippen LogP contribution in [0.3, 0.4) is 0 Å². The second kappa shape index (κ2) is 7.84. The third-order valence-electron chi connectivity index (χ3n) is 3.74. The summed E-state index contributed by atoms with van der Waals surface area (Å²) in [5.41, 5.74) is 1.24. The van der Waals surface area contributed by atoms with E-state index in [1.165, 1.54) is 10.9 Å². The highest BCUT2D eigenvalue weighted by atomic mass is 79.9. The number of thioether (sulfide) groups is 1. The number of amides is 1. The Labute approximate surface area is 157 Å². The van der Waals surface area contributed by atoms with Gasteiger partial charge in [0.15, 0.2) is 0 Å². The fourth-order valence-electron chi connectivity index (χ4n) is 2.41. The molecule has 0 unspecified atom stereocenters. The maximum Gasteiger partial charge on any atom is 0.261 e. The second-order valence-corrected chi connectivity index (χ2v) is 7.23. The van der Waals surface area contributed by atoms with E-state index in [-0.39, 0.29) is 24.4 Å². The lowest BCUT2D eigenvalue weighted by Gasteiger charge is -2.08. The average molecular weight is 418 g/mol. The molecule has 0 bridgehead atoms. The Morgan fingerprint density at radius 1 is 1.24 bits per heavy atom. The lowest BCUT2D eigenvalue weighted by atomic mass is 10.2. The van der Waals surface area contributed by atoms with Crippen LogP contribution in [-0.2, 0) is 11.3 Å². The molecule has 1 heterocycles. The summed E-state index contributed by atoms with van der Waals surface area (Å²) in [6.45, 7) is 0.281. The van der Waals surface area contributed by atoms with E-state index in [0.717, 1.165) is 15.1 Å². The molecule has 0 atom stereocenters. The highest BCUT2D eigenvalue weighted by molar-refractivity contribution is 9.10. The summed E-state index contributed by atoms with van der Waals surface area (Å²) in [5, 5.41) is 3.37. The Kier molecular flexibility index (Phi) is 5.55. The number of aromatic nitrogens is 2. The van der Waals surface area contributed by atoms with Crippen molar-refractivity contribution in [1.82, 2.24) is 9.55 Å². The standard InChI is InChI=1S/C18H16BrN3O2S/c1-25-14-5-3-13(4-6-14)21-17(23)8-9-22-11-20-16-7-2-12(19)10-15(16)18(22)24/h2-7,10-11H,8-9H2,1H3,(H,21,23). The van der Waals surface area contributed by atoms with Gasteiger partial charge in [-0.15, -0.1) is 11.8 Å². The van der Waals surface area contributed by atoms with Crippen LogP contribution >= 0.6 is 27.7 Å². The van der Waals surface area contributed by atoms with Crippen LogP contribution < -0.4 is 10.9 Å². The third-order valence-corrected chi connectivity index (χ3v) is 4.98. The fraction of sp³-hybridized carbons (Fsp3) is 0.167. The van der Waals surface area contributed by atoms with E-state index in [2.05, 4.69) is 26.2 Å². The van der Waals surface area contributed by atoms with Crippen LogP contribution in [0.4, 0.5) is 5.69 Å². The molecule has 5 nitrogen and oxygen atoms in total. The summed E-state index contributed by atoms with van der Waals surface area (Å²) in [7, 11) is 0. The summed E-state index contributed by atoms with van der Waals surface area (Å²) in [5.74, 6) is -0.141. The monoisotopic (exact) mass is 417 g/mol. The molecule has 1 N–H and O–H groups in total. The van der Waals surface area contributed by atoms with E-state index in [0.29, 0.717) is 10.9 Å². The van der Waals surface area contributed by atoms with Gasteiger partial charge in [-0.2, -0.15) is 0 Å². The van der Waals surface area contributed by atoms with E-state index >= 15 is 0 Å². The number of anilines is 1. The minimum Gasteiger partial charge on any atom is -0.326 e. The normalized spacial score (nSPS) is 10.8. The molecular weight excluding hydrogens is 402 g/mol. The lowest BCUT2D eigenvalue weighted by Crippen LogP contribution is -2.23. The number of benzene rings is 2. The van der Waals surface area contributed by atoms with Gasteiger partial charge in [-0.3, -0.25) is 14.2 Å². The minimum atomic E-state index is -0.150. The first-order valence-electron chi connectivity index (χ1n) is 7.65. The predicted molar refractivity (Wildman–Crippen MR) is 105 cm³/mol. The molecule has 0 aliphatic carbocycles. The first-order chi connectivity index (χ1) is 12.1. The maximum atomic E-state index is 12.5. The Morgan fingerprint density at radius 3 is 2.72 bits per heavy atom. The van der Waals surface area contributed by atoms with Gasteiger partial charge < -0.3 is 5.32 Å². The molecule has 0 fully saturated rings. The van der Waals surface area contributed by atoms with Gasteiger partial charge in [-0.05, 0) is 48.7 Å². The Bertz CT molecular complexity index is 970. The quantitative estimate of drug-likeness (QED) is 0.639. The number of nitrogens with one attached hydrogen (secondary N) is 1. The molecule has 0 saturated heterocycles. The number of hydrogen-bond donors (Lipinski definition) is 1. The summed E-state index contributed by atoms with van der Waals surface area (Å²) in [4.78, 5) is 30.0.